The van der Waals surface area contributed by atoms with Crippen molar-refractivity contribution < 1.29 is 8.83 Å². The predicted molar refractivity (Wildman–Crippen MR) is 91.3 cm³/mol. The van der Waals surface area contributed by atoms with Crippen LogP contribution in [-0.2, 0) is 0 Å². The minimum atomic E-state index is 0.135. The number of aryl methyl sites for hydroxylation is 1. The van der Waals surface area contributed by atoms with Gasteiger partial charge in [0.15, 0.2) is 5.89 Å². The second-order valence-electron chi connectivity index (χ2n) is 4.72. The van der Waals surface area contributed by atoms with Gasteiger partial charge in [-0.25, -0.2) is 10.4 Å². The maximum absolute atomic E-state index is 8.92. The number of halogens is 2. The smallest absolute Gasteiger partial charge is 0.252 e. The second-order valence-corrected chi connectivity index (χ2v) is 5.56. The highest BCUT2D eigenvalue weighted by Crippen LogP contribution is 2.31. The van der Waals surface area contributed by atoms with Crippen LogP contribution in [0.4, 0.5) is 5.88 Å². The van der Waals surface area contributed by atoms with Crippen molar-refractivity contribution in [3.63, 3.8) is 0 Å². The van der Waals surface area contributed by atoms with E-state index < -0.39 is 0 Å². The Hall–Kier alpha value is -2.75. The molecule has 0 spiro atoms. The molecular weight excluding hydrogens is 351 g/mol. The lowest BCUT2D eigenvalue weighted by atomic mass is 10.2. The van der Waals surface area contributed by atoms with Crippen molar-refractivity contribution in [3.05, 3.63) is 57.7 Å². The number of furan rings is 1. The van der Waals surface area contributed by atoms with Crippen LogP contribution in [0, 0.1) is 18.3 Å². The van der Waals surface area contributed by atoms with E-state index in [-0.39, 0.29) is 11.6 Å². The molecule has 0 fully saturated rings. The molecule has 24 heavy (non-hydrogen) atoms. The van der Waals surface area contributed by atoms with Gasteiger partial charge in [-0.15, -0.1) is 0 Å². The van der Waals surface area contributed by atoms with E-state index in [1.165, 1.54) is 6.21 Å². The highest BCUT2D eigenvalue weighted by Gasteiger charge is 2.10. The Morgan fingerprint density at radius 1 is 1.25 bits per heavy atom. The highest BCUT2D eigenvalue weighted by atomic mass is 35.5. The van der Waals surface area contributed by atoms with Crippen LogP contribution in [0.2, 0.25) is 10.0 Å². The first-order valence-electron chi connectivity index (χ1n) is 6.78. The molecule has 0 radical (unpaired) electrons. The van der Waals surface area contributed by atoms with Gasteiger partial charge >= 0.3 is 0 Å². The van der Waals surface area contributed by atoms with Crippen molar-refractivity contribution in [1.29, 1.82) is 5.26 Å². The minimum Gasteiger partial charge on any atom is -0.455 e. The average Bonchev–Trinajstić information content (AvgIpc) is 3.16. The van der Waals surface area contributed by atoms with E-state index in [4.69, 9.17) is 37.3 Å². The van der Waals surface area contributed by atoms with Gasteiger partial charge in [-0.05, 0) is 30.3 Å². The largest absolute Gasteiger partial charge is 0.455 e. The number of benzene rings is 1. The molecule has 0 saturated carbocycles. The van der Waals surface area contributed by atoms with Crippen molar-refractivity contribution >= 4 is 35.3 Å². The molecule has 0 amide bonds. The molecule has 0 aliphatic carbocycles. The van der Waals surface area contributed by atoms with Crippen LogP contribution in [0.5, 0.6) is 0 Å². The third-order valence-electron chi connectivity index (χ3n) is 3.02. The van der Waals surface area contributed by atoms with E-state index in [1.807, 2.05) is 6.07 Å². The van der Waals surface area contributed by atoms with E-state index in [0.717, 1.165) is 0 Å². The number of nitriles is 1. The molecule has 6 nitrogen and oxygen atoms in total. The van der Waals surface area contributed by atoms with Gasteiger partial charge in [-0.2, -0.15) is 10.4 Å². The van der Waals surface area contributed by atoms with Gasteiger partial charge < -0.3 is 8.83 Å². The third-order valence-corrected chi connectivity index (χ3v) is 3.58. The van der Waals surface area contributed by atoms with E-state index >= 15 is 0 Å². The molecule has 2 aromatic heterocycles. The molecule has 3 aromatic rings. The van der Waals surface area contributed by atoms with Crippen LogP contribution in [0.15, 0.2) is 44.3 Å². The number of nitrogens with zero attached hydrogens (tertiary/aromatic N) is 3. The Labute approximate surface area is 147 Å². The molecule has 3 rings (SSSR count). The molecule has 8 heteroatoms. The van der Waals surface area contributed by atoms with Crippen LogP contribution in [0.3, 0.4) is 0 Å². The fourth-order valence-corrected chi connectivity index (χ4v) is 2.37. The molecule has 0 atom stereocenters. The van der Waals surface area contributed by atoms with E-state index in [9.17, 15) is 0 Å². The zero-order valence-electron chi connectivity index (χ0n) is 12.4. The molecule has 1 N–H and O–H groups in total. The maximum Gasteiger partial charge on any atom is 0.252 e. The van der Waals surface area contributed by atoms with Gasteiger partial charge in [0.2, 0.25) is 5.69 Å². The summed E-state index contributed by atoms with van der Waals surface area (Å²) in [7, 11) is 0. The van der Waals surface area contributed by atoms with Crippen molar-refractivity contribution in [3.8, 4) is 17.4 Å². The van der Waals surface area contributed by atoms with Crippen LogP contribution in [0.25, 0.3) is 11.3 Å². The number of rotatable bonds is 4. The fourth-order valence-electron chi connectivity index (χ4n) is 1.99. The topological polar surface area (TPSA) is 87.4 Å². The Bertz CT molecular complexity index is 953. The monoisotopic (exact) mass is 360 g/mol. The first-order chi connectivity index (χ1) is 11.6. The summed E-state index contributed by atoms with van der Waals surface area (Å²) < 4.78 is 10.9. The molecule has 0 saturated heterocycles. The van der Waals surface area contributed by atoms with Crippen LogP contribution < -0.4 is 5.43 Å². The molecule has 0 aliphatic rings. The molecular formula is C16H10Cl2N4O2. The third kappa shape index (κ3) is 3.43. The summed E-state index contributed by atoms with van der Waals surface area (Å²) in [6.07, 6.45) is 1.45. The number of nitrogens with one attached hydrogen (secondary N) is 1. The quantitative estimate of drug-likeness (QED) is 0.529. The van der Waals surface area contributed by atoms with Crippen molar-refractivity contribution in [2.24, 2.45) is 5.10 Å². The number of hydrogen-bond acceptors (Lipinski definition) is 6. The Kier molecular flexibility index (Phi) is 4.56. The Morgan fingerprint density at radius 2 is 2.08 bits per heavy atom. The van der Waals surface area contributed by atoms with Crippen LogP contribution in [0.1, 0.15) is 17.3 Å². The number of hydrazone groups is 1. The summed E-state index contributed by atoms with van der Waals surface area (Å²) in [6.45, 7) is 1.64. The van der Waals surface area contributed by atoms with Gasteiger partial charge in [0, 0.05) is 17.5 Å². The number of hydrogen-bond donors (Lipinski definition) is 1. The van der Waals surface area contributed by atoms with Gasteiger partial charge in [-0.3, -0.25) is 0 Å². The minimum absolute atomic E-state index is 0.135. The Balaban J connectivity index is 1.76. The zero-order chi connectivity index (χ0) is 17.1. The first-order valence-corrected chi connectivity index (χ1v) is 7.54. The van der Waals surface area contributed by atoms with Crippen molar-refractivity contribution in [1.82, 2.24) is 4.98 Å². The fraction of sp³-hybridized carbons (Fsp3) is 0.0625. The SMILES string of the molecule is Cc1nc(C#N)c(N/N=C/c2ccc(-c3cc(Cl)ccc3Cl)o2)o1. The van der Waals surface area contributed by atoms with Crippen LogP contribution >= 0.6 is 23.2 Å². The van der Waals surface area contributed by atoms with Crippen LogP contribution in [-0.4, -0.2) is 11.2 Å². The zero-order valence-corrected chi connectivity index (χ0v) is 13.9. The summed E-state index contributed by atoms with van der Waals surface area (Å²) in [6, 6.07) is 10.5. The highest BCUT2D eigenvalue weighted by molar-refractivity contribution is 6.35. The lowest BCUT2D eigenvalue weighted by molar-refractivity contribution is 0.533. The average molecular weight is 361 g/mol. The summed E-state index contributed by atoms with van der Waals surface area (Å²) in [4.78, 5) is 3.90. The van der Waals surface area contributed by atoms with E-state index in [1.54, 1.807) is 37.3 Å². The van der Waals surface area contributed by atoms with Crippen molar-refractivity contribution in [2.45, 2.75) is 6.92 Å². The first kappa shape index (κ1) is 16.1. The molecule has 1 aromatic carbocycles. The van der Waals surface area contributed by atoms with E-state index in [0.29, 0.717) is 33.0 Å². The van der Waals surface area contributed by atoms with Gasteiger partial charge in [0.1, 0.15) is 17.6 Å². The summed E-state index contributed by atoms with van der Waals surface area (Å²) in [5.74, 6) is 1.61. The predicted octanol–water partition coefficient (Wildman–Crippen LogP) is 4.87. The summed E-state index contributed by atoms with van der Waals surface area (Å²) in [5, 5.41) is 14.0. The molecule has 2 heterocycles. The molecule has 0 aliphatic heterocycles. The normalized spacial score (nSPS) is 10.9. The number of aromatic nitrogens is 1. The molecule has 0 unspecified atom stereocenters. The molecule has 0 bridgehead atoms. The molecule has 120 valence electrons. The Morgan fingerprint density at radius 3 is 2.88 bits per heavy atom. The standard InChI is InChI=1S/C16H10Cl2N4O2/c1-9-21-14(7-19)16(23-9)22-20-8-11-3-5-15(24-11)12-6-10(17)2-4-13(12)18/h2-6,8,22H,1H3/b20-8+. The second kappa shape index (κ2) is 6.79. The maximum atomic E-state index is 8.92. The van der Waals surface area contributed by atoms with Gasteiger partial charge in [-0.1, -0.05) is 23.2 Å². The summed E-state index contributed by atoms with van der Waals surface area (Å²) >= 11 is 12.1. The van der Waals surface area contributed by atoms with E-state index in [2.05, 4.69) is 15.5 Å². The lowest BCUT2D eigenvalue weighted by Crippen LogP contribution is -1.90. The lowest BCUT2D eigenvalue weighted by Gasteiger charge is -2.00. The van der Waals surface area contributed by atoms with Gasteiger partial charge in [0.05, 0.1) is 11.2 Å². The van der Waals surface area contributed by atoms with Crippen molar-refractivity contribution in [2.75, 3.05) is 5.43 Å². The summed E-state index contributed by atoms with van der Waals surface area (Å²) in [5.41, 5.74) is 3.44. The number of oxazole rings is 1. The number of anilines is 1. The van der Waals surface area contributed by atoms with Gasteiger partial charge in [0.25, 0.3) is 5.88 Å².